The van der Waals surface area contributed by atoms with E-state index in [9.17, 15) is 64.9 Å². The third-order valence-corrected chi connectivity index (χ3v) is 12.8. The summed E-state index contributed by atoms with van der Waals surface area (Å²) in [5.74, 6) is -2.69. The van der Waals surface area contributed by atoms with E-state index < -0.39 is 115 Å². The van der Waals surface area contributed by atoms with Crippen molar-refractivity contribution in [2.24, 2.45) is 0 Å². The summed E-state index contributed by atoms with van der Waals surface area (Å²) >= 11 is 0. The van der Waals surface area contributed by atoms with Gasteiger partial charge in [0.25, 0.3) is 0 Å². The molecular weight excluding hydrogens is 1420 g/mol. The van der Waals surface area contributed by atoms with Crippen LogP contribution >= 0.6 is 0 Å². The molecule has 0 saturated carbocycles. The van der Waals surface area contributed by atoms with Crippen molar-refractivity contribution in [2.75, 3.05) is 45.9 Å². The number of rotatable bonds is 21. The molecule has 0 fully saturated rings. The minimum Gasteiger partial charge on any atom is -0.748 e. The van der Waals surface area contributed by atoms with Gasteiger partial charge in [-0.15, -0.1) is 79.9 Å². The summed E-state index contributed by atoms with van der Waals surface area (Å²) in [6, 6.07) is 23.3. The zero-order valence-electron chi connectivity index (χ0n) is 47.1. The minimum absolute atomic E-state index is 0. The molecule has 0 unspecified atom stereocenters. The molecule has 0 amide bonds. The summed E-state index contributed by atoms with van der Waals surface area (Å²) in [5.41, 5.74) is 0.759. The van der Waals surface area contributed by atoms with Gasteiger partial charge in [-0.3, -0.25) is 0 Å². The molecule has 2 aromatic heterocycles. The molecular formula is C38H30N10Na8O24S8. The smallest absolute Gasteiger partial charge is 0.748 e. The zero-order chi connectivity index (χ0) is 60.2. The molecule has 0 aliphatic heterocycles. The van der Waals surface area contributed by atoms with Crippen molar-refractivity contribution >= 4 is 130 Å². The molecule has 2 heterocycles. The summed E-state index contributed by atoms with van der Waals surface area (Å²) in [4.78, 5) is 23.2. The largest absolute Gasteiger partial charge is 1.00 e. The first-order valence-corrected chi connectivity index (χ1v) is 30.7. The van der Waals surface area contributed by atoms with Gasteiger partial charge in [-0.05, 0) is 29.8 Å². The normalized spacial score (nSPS) is 10.5. The summed E-state index contributed by atoms with van der Waals surface area (Å²) in [7, 11) is -33.5. The summed E-state index contributed by atoms with van der Waals surface area (Å²) < 4.78 is 251. The molecule has 0 atom stereocenters. The Bertz CT molecular complexity index is 4160. The van der Waals surface area contributed by atoms with Crippen molar-refractivity contribution in [3.63, 3.8) is 0 Å². The van der Waals surface area contributed by atoms with E-state index in [0.29, 0.717) is 11.3 Å². The standard InChI is InChI=1S/C38H35N10O15S5.8Na.3O3S/c49-64(50,51)18-16-39-35-43-33(21-25-4-3-6-30(20-25)66(55,56)57)45-37(47-35)41-28-13-9-24(10-14-28)8-11-26-12-15-29(23-32(26)68(61,62)63)42-38-46-34(44-36(48-38)40-17-19-65(52,53)54)22-27-5-1-2-7-31(27)67(58,59)60;;;;;;;;;3*1-4(2)3/h2-3,5-9,11-15,20,23H,16-19,21-22H2,(H,49,50,51)(H,52,53,54)(H,55,56,57)(H,58,59,60)(H,61,62,63)(H2,39,41,43,45,47)(H2,40,42,44,46,48);;;;;;;;;;;/q-3;8*+1;;;/p-5/b11-8+;;;;;;;;;;;. The van der Waals surface area contributed by atoms with E-state index in [1.165, 1.54) is 60.7 Å². The zero-order valence-corrected chi connectivity index (χ0v) is 69.6. The van der Waals surface area contributed by atoms with Gasteiger partial charge in [-0.1, -0.05) is 21.9 Å². The summed E-state index contributed by atoms with van der Waals surface area (Å²) in [6.45, 7) is -0.823. The second kappa shape index (κ2) is 47.2. The van der Waals surface area contributed by atoms with Crippen molar-refractivity contribution in [1.29, 1.82) is 0 Å². The summed E-state index contributed by atoms with van der Waals surface area (Å²) in [6.07, 6.45) is 2.19. The second-order valence-corrected chi connectivity index (χ2v) is 22.8. The van der Waals surface area contributed by atoms with Crippen molar-refractivity contribution in [1.82, 2.24) is 29.9 Å². The molecule has 0 saturated heterocycles. The van der Waals surface area contributed by atoms with Crippen molar-refractivity contribution in [3.8, 4) is 0 Å². The maximum atomic E-state index is 12.5. The third kappa shape index (κ3) is 42.6. The molecule has 34 nitrogen and oxygen atoms in total. The van der Waals surface area contributed by atoms with E-state index in [1.54, 1.807) is 0 Å². The van der Waals surface area contributed by atoms with Crippen LogP contribution in [0.5, 0.6) is 0 Å². The Morgan fingerprint density at radius 2 is 0.898 bits per heavy atom. The molecule has 4 aromatic carbocycles. The first-order chi connectivity index (χ1) is 36.9. The van der Waals surface area contributed by atoms with Crippen LogP contribution < -0.4 is 258 Å². The van der Waals surface area contributed by atoms with Gasteiger partial charge in [0.1, 0.15) is 42.0 Å². The van der Waals surface area contributed by atoms with Gasteiger partial charge in [-0.2, -0.15) is 83.5 Å². The summed E-state index contributed by atoms with van der Waals surface area (Å²) in [5, 5.41) is 10.7. The van der Waals surface area contributed by atoms with E-state index in [1.807, 2.05) is 0 Å². The van der Waals surface area contributed by atoms with Crippen LogP contribution in [0.15, 0.2) is 87.5 Å². The van der Waals surface area contributed by atoms with Crippen LogP contribution in [0.4, 0.5) is 35.2 Å². The average molecular weight is 1450 g/mol. The molecule has 4 N–H and O–H groups in total. The average Bonchev–Trinajstić information content (AvgIpc) is 3.41. The molecule has 432 valence electrons. The van der Waals surface area contributed by atoms with Crippen LogP contribution in [0.1, 0.15) is 33.9 Å². The predicted molar refractivity (Wildman–Crippen MR) is 262 cm³/mol. The first kappa shape index (κ1) is 99.3. The molecule has 6 rings (SSSR count). The maximum absolute atomic E-state index is 12.5. The van der Waals surface area contributed by atoms with Gasteiger partial charge in [-0.25, -0.2) is 42.1 Å². The molecule has 0 radical (unpaired) electrons. The number of nitrogens with zero attached hydrogens (tertiary/aromatic N) is 6. The molecule has 0 aliphatic rings. The van der Waals surface area contributed by atoms with Crippen LogP contribution in [0.2, 0.25) is 0 Å². The molecule has 0 bridgehead atoms. The Hall–Kier alpha value is 0.250. The van der Waals surface area contributed by atoms with Crippen LogP contribution in [-0.2, 0) is 95.3 Å². The molecule has 50 heteroatoms. The van der Waals surface area contributed by atoms with E-state index in [0.717, 1.165) is 24.3 Å². The van der Waals surface area contributed by atoms with Crippen molar-refractivity contribution in [2.45, 2.75) is 27.5 Å². The number of nitrogens with one attached hydrogen (secondary N) is 4. The second-order valence-electron chi connectivity index (χ2n) is 14.5. The van der Waals surface area contributed by atoms with E-state index in [4.69, 9.17) is 37.9 Å². The minimum atomic E-state index is -5.16. The number of hydrogen-bond acceptors (Lipinski definition) is 34. The van der Waals surface area contributed by atoms with Crippen LogP contribution in [-0.4, -0.2) is 157 Å². The molecule has 0 spiro atoms. The van der Waals surface area contributed by atoms with Gasteiger partial charge in [0.2, 0.25) is 23.8 Å². The van der Waals surface area contributed by atoms with Gasteiger partial charge < -0.3 is 44.0 Å². The van der Waals surface area contributed by atoms with Gasteiger partial charge in [0.15, 0.2) is 0 Å². The fraction of sp³-hybridized carbons (Fsp3) is 0.158. The van der Waals surface area contributed by atoms with E-state index in [-0.39, 0.29) is 314 Å². The predicted octanol–water partition coefficient (Wildman–Crippen LogP) is -26.1. The maximum Gasteiger partial charge on any atom is 1.00 e. The topological polar surface area (TPSA) is 565 Å². The van der Waals surface area contributed by atoms with E-state index in [2.05, 4.69) is 69.4 Å². The van der Waals surface area contributed by atoms with E-state index >= 15 is 0 Å². The van der Waals surface area contributed by atoms with Gasteiger partial charge in [0.05, 0.1) is 36.6 Å². The number of anilines is 6. The first-order valence-electron chi connectivity index (χ1n) is 20.4. The monoisotopic (exact) mass is 1450 g/mol. The SMILES string of the molecule is O=S(=O)([O-])CCNc1nc(Cc2[c-]ccc(S(=O)(=O)[O-])c2)nc(Nc2c[c-]c(/C=C/c3ccc(Nc4nc(Cc5c[c-]ccc5S(=O)(=O)[O-])nc(NCCS(=O)(=O)[O-])n4)cc3S(=O)(=O)[O-])cc2)n1.O=S(=O)=O.O=S(=O)=O.O=S(=O)=O.[Na+].[Na+].[Na+].[Na+].[Na+].[Na+].[Na+].[Na+]. The Labute approximate surface area is 685 Å². The van der Waals surface area contributed by atoms with Crippen LogP contribution in [0, 0.1) is 18.2 Å². The fourth-order valence-electron chi connectivity index (χ4n) is 5.79. The Kier molecular flexibility index (Phi) is 53.3. The molecule has 88 heavy (non-hydrogen) atoms. The van der Waals surface area contributed by atoms with Crippen molar-refractivity contribution < 1.29 is 339 Å². The number of aromatic nitrogens is 6. The molecule has 0 aliphatic carbocycles. The number of benzene rings is 4. The fourth-order valence-corrected chi connectivity index (χ4v) is 8.40. The Morgan fingerprint density at radius 3 is 1.33 bits per heavy atom. The molecule has 6 aromatic rings. The van der Waals surface area contributed by atoms with Crippen LogP contribution in [0.3, 0.4) is 0 Å². The Morgan fingerprint density at radius 1 is 0.455 bits per heavy atom. The Balaban J connectivity index is -0.000000770. The van der Waals surface area contributed by atoms with Gasteiger partial charge in [0, 0.05) is 25.2 Å². The van der Waals surface area contributed by atoms with Crippen molar-refractivity contribution in [3.05, 3.63) is 125 Å². The quantitative estimate of drug-likeness (QED) is 0.0225. The number of hydrogen-bond donors (Lipinski definition) is 4. The van der Waals surface area contributed by atoms with Crippen LogP contribution in [0.25, 0.3) is 12.2 Å². The third-order valence-electron chi connectivity index (χ3n) is 8.70. The van der Waals surface area contributed by atoms with Gasteiger partial charge >= 0.3 is 268 Å².